The third kappa shape index (κ3) is 3.34. The van der Waals surface area contributed by atoms with Crippen molar-refractivity contribution in [2.24, 2.45) is 0 Å². The zero-order valence-corrected chi connectivity index (χ0v) is 13.8. The number of rotatable bonds is 1. The molecule has 0 saturated heterocycles. The maximum atomic E-state index is 6.13. The molecule has 0 fully saturated rings. The summed E-state index contributed by atoms with van der Waals surface area (Å²) >= 11 is 9.59. The van der Waals surface area contributed by atoms with Gasteiger partial charge >= 0.3 is 0 Å². The van der Waals surface area contributed by atoms with Gasteiger partial charge in [0, 0.05) is 15.5 Å². The molecule has 19 heavy (non-hydrogen) atoms. The van der Waals surface area contributed by atoms with Crippen molar-refractivity contribution in [2.45, 2.75) is 33.1 Å². The molecule has 0 saturated carbocycles. The van der Waals surface area contributed by atoms with E-state index < -0.39 is 0 Å². The molecule has 4 heteroatoms. The van der Waals surface area contributed by atoms with Gasteiger partial charge in [-0.3, -0.25) is 0 Å². The molecule has 0 bridgehead atoms. The SMILES string of the molecule is Cc1cc(Br)ccc1-c1nc(Cl)cc(C(C)(C)C)n1. The summed E-state index contributed by atoms with van der Waals surface area (Å²) in [4.78, 5) is 9.00. The molecule has 0 N–H and O–H groups in total. The van der Waals surface area contributed by atoms with E-state index in [0.717, 1.165) is 21.3 Å². The fourth-order valence-corrected chi connectivity index (χ4v) is 2.46. The Bertz CT molecular complexity index is 618. The maximum absolute atomic E-state index is 6.13. The number of aryl methyl sites for hydroxylation is 1. The molecule has 2 nitrogen and oxygen atoms in total. The Labute approximate surface area is 127 Å². The van der Waals surface area contributed by atoms with Crippen LogP contribution in [0.15, 0.2) is 28.7 Å². The van der Waals surface area contributed by atoms with Crippen molar-refractivity contribution in [3.63, 3.8) is 0 Å². The Morgan fingerprint density at radius 2 is 1.79 bits per heavy atom. The van der Waals surface area contributed by atoms with Crippen LogP contribution in [0.2, 0.25) is 5.15 Å². The van der Waals surface area contributed by atoms with Crippen LogP contribution >= 0.6 is 27.5 Å². The molecular formula is C15H16BrClN2. The van der Waals surface area contributed by atoms with E-state index in [0.29, 0.717) is 11.0 Å². The molecule has 0 spiro atoms. The van der Waals surface area contributed by atoms with E-state index in [-0.39, 0.29) is 5.41 Å². The minimum Gasteiger partial charge on any atom is -0.232 e. The Balaban J connectivity index is 2.59. The van der Waals surface area contributed by atoms with E-state index >= 15 is 0 Å². The fraction of sp³-hybridized carbons (Fsp3) is 0.333. The summed E-state index contributed by atoms with van der Waals surface area (Å²) in [5.41, 5.74) is 3.03. The summed E-state index contributed by atoms with van der Waals surface area (Å²) in [5.74, 6) is 0.683. The van der Waals surface area contributed by atoms with Crippen molar-refractivity contribution < 1.29 is 0 Å². The zero-order valence-electron chi connectivity index (χ0n) is 11.5. The van der Waals surface area contributed by atoms with E-state index in [1.807, 2.05) is 25.1 Å². The fourth-order valence-electron chi connectivity index (χ4n) is 1.80. The van der Waals surface area contributed by atoms with E-state index in [9.17, 15) is 0 Å². The van der Waals surface area contributed by atoms with Crippen LogP contribution in [0.1, 0.15) is 32.0 Å². The van der Waals surface area contributed by atoms with E-state index in [1.165, 1.54) is 0 Å². The number of nitrogens with zero attached hydrogens (tertiary/aromatic N) is 2. The molecule has 100 valence electrons. The zero-order chi connectivity index (χ0) is 14.2. The lowest BCUT2D eigenvalue weighted by molar-refractivity contribution is 0.568. The molecule has 1 heterocycles. The second kappa shape index (κ2) is 5.22. The lowest BCUT2D eigenvalue weighted by Gasteiger charge is -2.18. The quantitative estimate of drug-likeness (QED) is 0.670. The van der Waals surface area contributed by atoms with Crippen molar-refractivity contribution in [1.29, 1.82) is 0 Å². The van der Waals surface area contributed by atoms with Crippen LogP contribution in [0.4, 0.5) is 0 Å². The second-order valence-electron chi connectivity index (χ2n) is 5.61. The molecule has 1 aromatic heterocycles. The highest BCUT2D eigenvalue weighted by Gasteiger charge is 2.18. The third-order valence-corrected chi connectivity index (χ3v) is 3.58. The highest BCUT2D eigenvalue weighted by atomic mass is 79.9. The van der Waals surface area contributed by atoms with Crippen LogP contribution in [-0.4, -0.2) is 9.97 Å². The Morgan fingerprint density at radius 1 is 1.11 bits per heavy atom. The number of halogens is 2. The number of benzene rings is 1. The highest BCUT2D eigenvalue weighted by molar-refractivity contribution is 9.10. The standard InChI is InChI=1S/C15H16BrClN2/c1-9-7-10(16)5-6-11(9)14-18-12(15(2,3)4)8-13(17)19-14/h5-8H,1-4H3. The van der Waals surface area contributed by atoms with Crippen molar-refractivity contribution in [1.82, 2.24) is 9.97 Å². The van der Waals surface area contributed by atoms with Crippen molar-refractivity contribution in [3.8, 4) is 11.4 Å². The van der Waals surface area contributed by atoms with Crippen LogP contribution < -0.4 is 0 Å². The molecule has 0 radical (unpaired) electrons. The van der Waals surface area contributed by atoms with E-state index in [2.05, 4.69) is 52.7 Å². The maximum Gasteiger partial charge on any atom is 0.161 e. The number of aromatic nitrogens is 2. The molecular weight excluding hydrogens is 324 g/mol. The molecule has 0 aliphatic carbocycles. The molecule has 0 atom stereocenters. The van der Waals surface area contributed by atoms with Gasteiger partial charge in [-0.15, -0.1) is 0 Å². The molecule has 2 rings (SSSR count). The molecule has 2 aromatic rings. The van der Waals surface area contributed by atoms with Crippen molar-refractivity contribution in [3.05, 3.63) is 45.1 Å². The Hall–Kier alpha value is -0.930. The topological polar surface area (TPSA) is 25.8 Å². The van der Waals surface area contributed by atoms with Gasteiger partial charge in [0.05, 0.1) is 5.69 Å². The van der Waals surface area contributed by atoms with E-state index in [1.54, 1.807) is 0 Å². The first-order chi connectivity index (χ1) is 8.77. The summed E-state index contributed by atoms with van der Waals surface area (Å²) in [7, 11) is 0. The second-order valence-corrected chi connectivity index (χ2v) is 6.91. The van der Waals surface area contributed by atoms with Gasteiger partial charge in [-0.2, -0.15) is 0 Å². The molecule has 0 aliphatic rings. The van der Waals surface area contributed by atoms with Gasteiger partial charge in [-0.1, -0.05) is 48.3 Å². The number of hydrogen-bond donors (Lipinski definition) is 0. The lowest BCUT2D eigenvalue weighted by Crippen LogP contribution is -2.14. The average molecular weight is 340 g/mol. The third-order valence-electron chi connectivity index (χ3n) is 2.89. The normalized spacial score (nSPS) is 11.7. The van der Waals surface area contributed by atoms with Gasteiger partial charge in [-0.25, -0.2) is 9.97 Å². The van der Waals surface area contributed by atoms with E-state index in [4.69, 9.17) is 11.6 Å². The van der Waals surface area contributed by atoms with Crippen LogP contribution in [-0.2, 0) is 5.41 Å². The summed E-state index contributed by atoms with van der Waals surface area (Å²) < 4.78 is 1.05. The Morgan fingerprint density at radius 3 is 2.37 bits per heavy atom. The van der Waals surface area contributed by atoms with Gasteiger partial charge in [0.15, 0.2) is 5.82 Å². The average Bonchev–Trinajstić information content (AvgIpc) is 2.26. The van der Waals surface area contributed by atoms with Crippen LogP contribution in [0.3, 0.4) is 0 Å². The van der Waals surface area contributed by atoms with Crippen molar-refractivity contribution in [2.75, 3.05) is 0 Å². The number of hydrogen-bond acceptors (Lipinski definition) is 2. The lowest BCUT2D eigenvalue weighted by atomic mass is 9.92. The Kier molecular flexibility index (Phi) is 3.98. The molecule has 0 aliphatic heterocycles. The summed E-state index contributed by atoms with van der Waals surface area (Å²) in [6.07, 6.45) is 0. The first kappa shape index (κ1) is 14.5. The minimum absolute atomic E-state index is 0.0510. The summed E-state index contributed by atoms with van der Waals surface area (Å²) in [6, 6.07) is 7.89. The molecule has 1 aromatic carbocycles. The predicted molar refractivity (Wildman–Crippen MR) is 83.6 cm³/mol. The predicted octanol–water partition coefficient (Wildman–Crippen LogP) is 5.17. The monoisotopic (exact) mass is 338 g/mol. The largest absolute Gasteiger partial charge is 0.232 e. The highest BCUT2D eigenvalue weighted by Crippen LogP contribution is 2.28. The van der Waals surface area contributed by atoms with Gasteiger partial charge < -0.3 is 0 Å². The minimum atomic E-state index is -0.0510. The van der Waals surface area contributed by atoms with Gasteiger partial charge in [-0.05, 0) is 36.8 Å². The molecule has 0 unspecified atom stereocenters. The van der Waals surface area contributed by atoms with Gasteiger partial charge in [0.25, 0.3) is 0 Å². The van der Waals surface area contributed by atoms with Crippen LogP contribution in [0.25, 0.3) is 11.4 Å². The summed E-state index contributed by atoms with van der Waals surface area (Å²) in [6.45, 7) is 8.39. The smallest absolute Gasteiger partial charge is 0.161 e. The summed E-state index contributed by atoms with van der Waals surface area (Å²) in [5, 5.41) is 0.484. The van der Waals surface area contributed by atoms with Crippen molar-refractivity contribution >= 4 is 27.5 Å². The van der Waals surface area contributed by atoms with Gasteiger partial charge in [0.2, 0.25) is 0 Å². The molecule has 0 amide bonds. The van der Waals surface area contributed by atoms with Crippen LogP contribution in [0.5, 0.6) is 0 Å². The first-order valence-corrected chi connectivity index (χ1v) is 7.26. The first-order valence-electron chi connectivity index (χ1n) is 6.09. The van der Waals surface area contributed by atoms with Crippen LogP contribution in [0, 0.1) is 6.92 Å². The van der Waals surface area contributed by atoms with Gasteiger partial charge in [0.1, 0.15) is 5.15 Å².